The highest BCUT2D eigenvalue weighted by atomic mass is 16.6. The molecule has 8 heteroatoms. The molecule has 0 saturated carbocycles. The molecule has 0 atom stereocenters. The number of amides is 3. The Morgan fingerprint density at radius 2 is 1.95 bits per heavy atom. The molecule has 0 bridgehead atoms. The second kappa shape index (κ2) is 7.96. The van der Waals surface area contributed by atoms with Gasteiger partial charge in [0.1, 0.15) is 5.60 Å². The van der Waals surface area contributed by atoms with Gasteiger partial charge in [-0.1, -0.05) is 0 Å². The van der Waals surface area contributed by atoms with Crippen molar-refractivity contribution >= 4 is 17.9 Å². The van der Waals surface area contributed by atoms with Gasteiger partial charge in [-0.2, -0.15) is 0 Å². The fraction of sp³-hybridized carbons (Fsp3) is 0.429. The van der Waals surface area contributed by atoms with E-state index in [0.717, 1.165) is 0 Å². The summed E-state index contributed by atoms with van der Waals surface area (Å²) < 4.78 is 5.02. The number of hydrogen-bond donors (Lipinski definition) is 3. The van der Waals surface area contributed by atoms with Crippen molar-refractivity contribution in [2.75, 3.05) is 6.54 Å². The van der Waals surface area contributed by atoms with Gasteiger partial charge in [-0.05, 0) is 32.9 Å². The van der Waals surface area contributed by atoms with Crippen LogP contribution < -0.4 is 16.2 Å². The monoisotopic (exact) mass is 308 g/mol. The van der Waals surface area contributed by atoms with Crippen molar-refractivity contribution in [3.05, 3.63) is 30.1 Å². The molecule has 1 aromatic rings. The third-order valence-corrected chi connectivity index (χ3v) is 2.26. The van der Waals surface area contributed by atoms with Crippen LogP contribution in [0, 0.1) is 0 Å². The first-order chi connectivity index (χ1) is 10.3. The maximum atomic E-state index is 11.6. The molecule has 0 spiro atoms. The second-order valence-corrected chi connectivity index (χ2v) is 5.42. The van der Waals surface area contributed by atoms with E-state index in [1.165, 1.54) is 12.4 Å². The predicted octanol–water partition coefficient (Wildman–Crippen LogP) is 0.757. The summed E-state index contributed by atoms with van der Waals surface area (Å²) in [6.07, 6.45) is 2.33. The maximum Gasteiger partial charge on any atom is 0.407 e. The lowest BCUT2D eigenvalue weighted by Crippen LogP contribution is -2.43. The van der Waals surface area contributed by atoms with Crippen molar-refractivity contribution in [2.24, 2.45) is 0 Å². The molecule has 0 fully saturated rings. The van der Waals surface area contributed by atoms with E-state index in [2.05, 4.69) is 21.2 Å². The molecule has 0 unspecified atom stereocenters. The molecule has 120 valence electrons. The third-order valence-electron chi connectivity index (χ3n) is 2.26. The Labute approximate surface area is 128 Å². The van der Waals surface area contributed by atoms with Crippen molar-refractivity contribution in [1.82, 2.24) is 21.2 Å². The summed E-state index contributed by atoms with van der Waals surface area (Å²) in [6.45, 7) is 5.33. The maximum absolute atomic E-state index is 11.6. The van der Waals surface area contributed by atoms with E-state index in [1.54, 1.807) is 32.9 Å². The zero-order chi connectivity index (χ0) is 16.6. The van der Waals surface area contributed by atoms with Crippen LogP contribution in [0.15, 0.2) is 24.5 Å². The molecule has 1 heterocycles. The van der Waals surface area contributed by atoms with Gasteiger partial charge in [-0.3, -0.25) is 25.4 Å². The van der Waals surface area contributed by atoms with Gasteiger partial charge >= 0.3 is 6.09 Å². The summed E-state index contributed by atoms with van der Waals surface area (Å²) in [7, 11) is 0. The van der Waals surface area contributed by atoms with Crippen LogP contribution in [0.5, 0.6) is 0 Å². The number of carbonyl (C=O) groups excluding carboxylic acids is 3. The average molecular weight is 308 g/mol. The lowest BCUT2D eigenvalue weighted by atomic mass is 10.2. The topological polar surface area (TPSA) is 109 Å². The number of nitrogens with one attached hydrogen (secondary N) is 3. The molecule has 0 aromatic carbocycles. The SMILES string of the molecule is CC(C)(C)OC(=O)NCCC(=O)NNC(=O)c1cccnc1. The van der Waals surface area contributed by atoms with Crippen LogP contribution in [0.1, 0.15) is 37.6 Å². The number of hydrazine groups is 1. The number of aromatic nitrogens is 1. The molecule has 8 nitrogen and oxygen atoms in total. The van der Waals surface area contributed by atoms with Crippen LogP contribution in [0.2, 0.25) is 0 Å². The highest BCUT2D eigenvalue weighted by Crippen LogP contribution is 2.06. The Balaban J connectivity index is 2.22. The molecule has 1 rings (SSSR count). The molecule has 0 aliphatic heterocycles. The van der Waals surface area contributed by atoms with E-state index in [-0.39, 0.29) is 13.0 Å². The van der Waals surface area contributed by atoms with Crippen molar-refractivity contribution in [1.29, 1.82) is 0 Å². The Kier molecular flexibility index (Phi) is 6.30. The highest BCUT2D eigenvalue weighted by molar-refractivity contribution is 5.95. The molecule has 0 aliphatic rings. The van der Waals surface area contributed by atoms with Crippen molar-refractivity contribution in [3.8, 4) is 0 Å². The summed E-state index contributed by atoms with van der Waals surface area (Å²) in [6, 6.07) is 3.18. The number of hydrogen-bond acceptors (Lipinski definition) is 5. The molecule has 0 aliphatic carbocycles. The number of rotatable bonds is 4. The minimum Gasteiger partial charge on any atom is -0.444 e. The summed E-state index contributed by atoms with van der Waals surface area (Å²) in [5.41, 5.74) is 4.23. The third kappa shape index (κ3) is 7.22. The summed E-state index contributed by atoms with van der Waals surface area (Å²) in [5.74, 6) is -0.908. The number of nitrogens with zero attached hydrogens (tertiary/aromatic N) is 1. The number of ether oxygens (including phenoxy) is 1. The van der Waals surface area contributed by atoms with Gasteiger partial charge in [0, 0.05) is 25.4 Å². The lowest BCUT2D eigenvalue weighted by molar-refractivity contribution is -0.121. The minimum atomic E-state index is -0.598. The highest BCUT2D eigenvalue weighted by Gasteiger charge is 2.16. The van der Waals surface area contributed by atoms with Crippen molar-refractivity contribution in [3.63, 3.8) is 0 Å². The molecular formula is C14H20N4O4. The summed E-state index contributed by atoms with van der Waals surface area (Å²) >= 11 is 0. The van der Waals surface area contributed by atoms with E-state index < -0.39 is 23.5 Å². The standard InChI is InChI=1S/C14H20N4O4/c1-14(2,3)22-13(21)16-8-6-11(19)17-18-12(20)10-5-4-7-15-9-10/h4-5,7,9H,6,8H2,1-3H3,(H,16,21)(H,17,19)(H,18,20). The minimum absolute atomic E-state index is 0.00651. The Morgan fingerprint density at radius 1 is 1.23 bits per heavy atom. The largest absolute Gasteiger partial charge is 0.444 e. The number of alkyl carbamates (subject to hydrolysis) is 1. The van der Waals surface area contributed by atoms with E-state index in [9.17, 15) is 14.4 Å². The van der Waals surface area contributed by atoms with Crippen LogP contribution in [-0.2, 0) is 9.53 Å². The smallest absolute Gasteiger partial charge is 0.407 e. The summed E-state index contributed by atoms with van der Waals surface area (Å²) in [4.78, 5) is 38.3. The van der Waals surface area contributed by atoms with Crippen LogP contribution >= 0.6 is 0 Å². The van der Waals surface area contributed by atoms with Crippen LogP contribution in [0.25, 0.3) is 0 Å². The normalized spacial score (nSPS) is 10.5. The van der Waals surface area contributed by atoms with Crippen LogP contribution in [0.3, 0.4) is 0 Å². The quantitative estimate of drug-likeness (QED) is 0.711. The molecule has 1 aromatic heterocycles. The zero-order valence-corrected chi connectivity index (χ0v) is 12.8. The van der Waals surface area contributed by atoms with Gasteiger partial charge < -0.3 is 10.1 Å². The molecule has 0 radical (unpaired) electrons. The fourth-order valence-corrected chi connectivity index (χ4v) is 1.35. The first-order valence-electron chi connectivity index (χ1n) is 6.74. The van der Waals surface area contributed by atoms with Gasteiger partial charge in [0.05, 0.1) is 5.56 Å². The van der Waals surface area contributed by atoms with E-state index in [1.807, 2.05) is 0 Å². The average Bonchev–Trinajstić information content (AvgIpc) is 2.43. The Bertz CT molecular complexity index is 525. The van der Waals surface area contributed by atoms with E-state index >= 15 is 0 Å². The molecule has 22 heavy (non-hydrogen) atoms. The zero-order valence-electron chi connectivity index (χ0n) is 12.8. The van der Waals surface area contributed by atoms with Crippen LogP contribution in [0.4, 0.5) is 4.79 Å². The molecule has 3 N–H and O–H groups in total. The summed E-state index contributed by atoms with van der Waals surface area (Å²) in [5, 5.41) is 2.44. The molecule has 0 saturated heterocycles. The van der Waals surface area contributed by atoms with Gasteiger partial charge in [0.15, 0.2) is 0 Å². The van der Waals surface area contributed by atoms with Crippen molar-refractivity contribution in [2.45, 2.75) is 32.8 Å². The van der Waals surface area contributed by atoms with E-state index in [4.69, 9.17) is 4.74 Å². The predicted molar refractivity (Wildman–Crippen MR) is 78.7 cm³/mol. The van der Waals surface area contributed by atoms with Crippen LogP contribution in [-0.4, -0.2) is 35.0 Å². The van der Waals surface area contributed by atoms with Gasteiger partial charge in [0.25, 0.3) is 5.91 Å². The fourth-order valence-electron chi connectivity index (χ4n) is 1.35. The molecule has 3 amide bonds. The first-order valence-corrected chi connectivity index (χ1v) is 6.74. The Morgan fingerprint density at radius 3 is 2.55 bits per heavy atom. The Hall–Kier alpha value is -2.64. The van der Waals surface area contributed by atoms with Crippen molar-refractivity contribution < 1.29 is 19.1 Å². The van der Waals surface area contributed by atoms with Gasteiger partial charge in [0.2, 0.25) is 5.91 Å². The van der Waals surface area contributed by atoms with E-state index in [0.29, 0.717) is 5.56 Å². The molecular weight excluding hydrogens is 288 g/mol. The van der Waals surface area contributed by atoms with Gasteiger partial charge in [-0.15, -0.1) is 0 Å². The number of carbonyl (C=O) groups is 3. The number of pyridine rings is 1. The van der Waals surface area contributed by atoms with Gasteiger partial charge in [-0.25, -0.2) is 4.79 Å². The first kappa shape index (κ1) is 17.4. The lowest BCUT2D eigenvalue weighted by Gasteiger charge is -2.19. The second-order valence-electron chi connectivity index (χ2n) is 5.42.